The van der Waals surface area contributed by atoms with Crippen molar-refractivity contribution in [1.82, 2.24) is 0 Å². The van der Waals surface area contributed by atoms with Gasteiger partial charge in [-0.15, -0.1) is 0 Å². The smallest absolute Gasteiger partial charge is 0.239 e. The van der Waals surface area contributed by atoms with E-state index < -0.39 is 16.2 Å². The largest absolute Gasteiger partial charge is 0.733 e. The summed E-state index contributed by atoms with van der Waals surface area (Å²) >= 11 is 3.96. The van der Waals surface area contributed by atoms with Crippen LogP contribution < -0.4 is 10.1 Å². The van der Waals surface area contributed by atoms with Crippen LogP contribution in [0.5, 0.6) is 0 Å². The molecule has 2 bridgehead atoms. The lowest BCUT2D eigenvalue weighted by atomic mass is 9.55. The van der Waals surface area contributed by atoms with Crippen LogP contribution in [-0.2, 0) is 13.9 Å². The van der Waals surface area contributed by atoms with Crippen LogP contribution >= 0.6 is 15.9 Å². The SMILES string of the molecule is O=C1[C@@H]2[C@@H](C(=O)N1c1ccc(N([O-])O)cc1)C1c3ccccc3C2(Br)c2ccccc21. The van der Waals surface area contributed by atoms with Crippen LogP contribution in [0.1, 0.15) is 28.2 Å². The lowest BCUT2D eigenvalue weighted by Gasteiger charge is -2.51. The van der Waals surface area contributed by atoms with Crippen molar-refractivity contribution in [2.24, 2.45) is 11.8 Å². The number of hydrogen-bond donors (Lipinski definition) is 1. The zero-order chi connectivity index (χ0) is 21.5. The number of amides is 2. The van der Waals surface area contributed by atoms with E-state index in [9.17, 15) is 14.8 Å². The van der Waals surface area contributed by atoms with Crippen LogP contribution in [0.2, 0.25) is 0 Å². The fraction of sp³-hybridized carbons (Fsp3) is 0.167. The van der Waals surface area contributed by atoms with Crippen LogP contribution in [0.3, 0.4) is 0 Å². The minimum Gasteiger partial charge on any atom is -0.733 e. The topological polar surface area (TPSA) is 83.9 Å². The van der Waals surface area contributed by atoms with Gasteiger partial charge in [0.1, 0.15) is 0 Å². The molecule has 1 saturated heterocycles. The lowest BCUT2D eigenvalue weighted by Crippen LogP contribution is -2.50. The summed E-state index contributed by atoms with van der Waals surface area (Å²) < 4.78 is -0.794. The second-order valence-corrected chi connectivity index (χ2v) is 9.42. The molecular formula is C24H16BrN2O4-. The predicted octanol–water partition coefficient (Wildman–Crippen LogP) is 4.28. The van der Waals surface area contributed by atoms with Gasteiger partial charge in [0.15, 0.2) is 0 Å². The highest BCUT2D eigenvalue weighted by molar-refractivity contribution is 9.09. The van der Waals surface area contributed by atoms with E-state index in [4.69, 9.17) is 5.21 Å². The molecule has 1 heterocycles. The molecule has 0 aromatic heterocycles. The minimum atomic E-state index is -0.794. The first-order valence-corrected chi connectivity index (χ1v) is 10.8. The van der Waals surface area contributed by atoms with Crippen molar-refractivity contribution >= 4 is 39.1 Å². The third kappa shape index (κ3) is 2.23. The standard InChI is InChI=1S/C24H16BrN2O4/c25-24-17-7-3-1-5-15(17)19(16-6-2-4-8-18(16)24)20-21(24)23(29)26(22(20)28)13-9-11-14(12-10-13)27(30)31/h1-12,19-21,30H/q-1/t19?,20-,21-,24?/m0/s1. The molecule has 6 nitrogen and oxygen atoms in total. The third-order valence-corrected chi connectivity index (χ3v) is 8.19. The van der Waals surface area contributed by atoms with E-state index in [1.165, 1.54) is 29.2 Å². The summed E-state index contributed by atoms with van der Waals surface area (Å²) in [5.74, 6) is -1.82. The van der Waals surface area contributed by atoms with Crippen molar-refractivity contribution in [3.8, 4) is 0 Å². The number of rotatable bonds is 2. The van der Waals surface area contributed by atoms with E-state index in [-0.39, 0.29) is 28.6 Å². The summed E-state index contributed by atoms with van der Waals surface area (Å²) in [5.41, 5.74) is 4.61. The molecule has 7 rings (SSSR count). The van der Waals surface area contributed by atoms with Gasteiger partial charge < -0.3 is 10.4 Å². The minimum absolute atomic E-state index is 0.0251. The molecule has 3 aliphatic carbocycles. The van der Waals surface area contributed by atoms with Gasteiger partial charge in [0.05, 0.1) is 27.5 Å². The Labute approximate surface area is 186 Å². The van der Waals surface area contributed by atoms with Crippen molar-refractivity contribution in [3.63, 3.8) is 0 Å². The second kappa shape index (κ2) is 6.26. The van der Waals surface area contributed by atoms with Crippen LogP contribution in [0.15, 0.2) is 72.8 Å². The monoisotopic (exact) mass is 475 g/mol. The number of nitrogens with zero attached hydrogens (tertiary/aromatic N) is 2. The molecule has 0 unspecified atom stereocenters. The summed E-state index contributed by atoms with van der Waals surface area (Å²) in [6, 6.07) is 21.8. The van der Waals surface area contributed by atoms with Crippen molar-refractivity contribution in [3.05, 3.63) is 100 Å². The van der Waals surface area contributed by atoms with Crippen LogP contribution in [0, 0.1) is 17.0 Å². The van der Waals surface area contributed by atoms with E-state index in [1.807, 2.05) is 48.5 Å². The number of halogens is 1. The first-order valence-electron chi connectivity index (χ1n) is 9.96. The highest BCUT2D eigenvalue weighted by atomic mass is 79.9. The van der Waals surface area contributed by atoms with Gasteiger partial charge in [-0.3, -0.25) is 14.8 Å². The zero-order valence-electron chi connectivity index (χ0n) is 16.1. The van der Waals surface area contributed by atoms with Gasteiger partial charge in [0, 0.05) is 5.92 Å². The normalized spacial score (nSPS) is 27.7. The molecule has 1 N–H and O–H groups in total. The van der Waals surface area contributed by atoms with E-state index in [2.05, 4.69) is 15.9 Å². The fourth-order valence-corrected chi connectivity index (χ4v) is 6.87. The average molecular weight is 476 g/mol. The van der Waals surface area contributed by atoms with Crippen molar-refractivity contribution in [2.75, 3.05) is 10.1 Å². The third-order valence-electron chi connectivity index (χ3n) is 6.84. The van der Waals surface area contributed by atoms with Gasteiger partial charge in [0.25, 0.3) is 0 Å². The predicted molar refractivity (Wildman–Crippen MR) is 118 cm³/mol. The van der Waals surface area contributed by atoms with Crippen LogP contribution in [0.4, 0.5) is 11.4 Å². The van der Waals surface area contributed by atoms with Crippen molar-refractivity contribution in [1.29, 1.82) is 0 Å². The van der Waals surface area contributed by atoms with Gasteiger partial charge in [-0.2, -0.15) is 0 Å². The maximum Gasteiger partial charge on any atom is 0.239 e. The zero-order valence-corrected chi connectivity index (χ0v) is 17.7. The molecule has 4 aliphatic rings. The molecule has 0 saturated carbocycles. The summed E-state index contributed by atoms with van der Waals surface area (Å²) in [5, 5.41) is 20.0. The van der Waals surface area contributed by atoms with Crippen LogP contribution in [0.25, 0.3) is 0 Å². The Morgan fingerprint density at radius 3 is 1.97 bits per heavy atom. The Balaban J connectivity index is 1.55. The maximum absolute atomic E-state index is 13.7. The molecule has 0 radical (unpaired) electrons. The van der Waals surface area contributed by atoms with Crippen molar-refractivity contribution in [2.45, 2.75) is 10.2 Å². The quantitative estimate of drug-likeness (QED) is 0.339. The number of benzene rings is 3. The van der Waals surface area contributed by atoms with Gasteiger partial charge in [-0.05, 0) is 46.5 Å². The Hall–Kier alpha value is -3.00. The Morgan fingerprint density at radius 2 is 1.42 bits per heavy atom. The first kappa shape index (κ1) is 18.7. The molecule has 31 heavy (non-hydrogen) atoms. The van der Waals surface area contributed by atoms with Gasteiger partial charge in [-0.25, -0.2) is 4.90 Å². The maximum atomic E-state index is 13.7. The van der Waals surface area contributed by atoms with E-state index in [0.29, 0.717) is 5.69 Å². The average Bonchev–Trinajstić information content (AvgIpc) is 3.06. The molecule has 7 heteroatoms. The molecule has 1 fully saturated rings. The van der Waals surface area contributed by atoms with Gasteiger partial charge >= 0.3 is 0 Å². The number of alkyl halides is 1. The summed E-state index contributed by atoms with van der Waals surface area (Å²) in [6.07, 6.45) is 0. The number of imide groups is 1. The van der Waals surface area contributed by atoms with Gasteiger partial charge in [-0.1, -0.05) is 64.5 Å². The van der Waals surface area contributed by atoms with E-state index in [0.717, 1.165) is 22.3 Å². The summed E-state index contributed by atoms with van der Waals surface area (Å²) in [6.45, 7) is 0. The highest BCUT2D eigenvalue weighted by Gasteiger charge is 2.67. The molecule has 2 atom stereocenters. The van der Waals surface area contributed by atoms with E-state index in [1.54, 1.807) is 0 Å². The fourth-order valence-electron chi connectivity index (χ4n) is 5.66. The number of carbonyl (C=O) groups excluding carboxylic acids is 2. The second-order valence-electron chi connectivity index (χ2n) is 8.17. The molecule has 1 aliphatic heterocycles. The highest BCUT2D eigenvalue weighted by Crippen LogP contribution is 2.66. The molecule has 2 amide bonds. The number of carbonyl (C=O) groups is 2. The van der Waals surface area contributed by atoms with Crippen LogP contribution in [-0.4, -0.2) is 17.0 Å². The molecule has 0 spiro atoms. The van der Waals surface area contributed by atoms with Gasteiger partial charge in [0.2, 0.25) is 11.8 Å². The Kier molecular flexibility index (Phi) is 3.78. The van der Waals surface area contributed by atoms with E-state index >= 15 is 0 Å². The molecular weight excluding hydrogens is 460 g/mol. The first-order chi connectivity index (χ1) is 14.9. The summed E-state index contributed by atoms with van der Waals surface area (Å²) in [4.78, 5) is 28.7. The number of hydrogen-bond acceptors (Lipinski definition) is 5. The molecule has 154 valence electrons. The Bertz CT molecular complexity index is 1210. The van der Waals surface area contributed by atoms with Crippen molar-refractivity contribution < 1.29 is 14.8 Å². The lowest BCUT2D eigenvalue weighted by molar-refractivity contribution is -0.122. The molecule has 3 aromatic carbocycles. The summed E-state index contributed by atoms with van der Waals surface area (Å²) in [7, 11) is 0. The molecule has 3 aromatic rings. The Morgan fingerprint density at radius 1 is 0.871 bits per heavy atom. The number of anilines is 2.